The van der Waals surface area contributed by atoms with Crippen LogP contribution >= 0.6 is 0 Å². The van der Waals surface area contributed by atoms with Crippen molar-refractivity contribution in [1.29, 1.82) is 0 Å². The predicted octanol–water partition coefficient (Wildman–Crippen LogP) is 6.32. The highest BCUT2D eigenvalue weighted by atomic mass is 16.5. The Bertz CT molecular complexity index is 1350. The number of amides is 1. The predicted molar refractivity (Wildman–Crippen MR) is 140 cm³/mol. The van der Waals surface area contributed by atoms with Crippen molar-refractivity contribution >= 4 is 5.91 Å². The van der Waals surface area contributed by atoms with Gasteiger partial charge in [-0.05, 0) is 60.7 Å². The van der Waals surface area contributed by atoms with E-state index in [4.69, 9.17) is 4.74 Å². The Morgan fingerprint density at radius 1 is 1.06 bits per heavy atom. The molecule has 0 aliphatic carbocycles. The SMILES string of the molecule is CCCCN1C(=O)c2[nH]nc(-c3c(C)cc(C)cc3O)c2C1c1ccc(OCc2ccccc2)cc1. The molecule has 0 spiro atoms. The molecule has 1 aliphatic heterocycles. The van der Waals surface area contributed by atoms with E-state index in [0.29, 0.717) is 30.1 Å². The van der Waals surface area contributed by atoms with Gasteiger partial charge in [0.25, 0.3) is 5.91 Å². The van der Waals surface area contributed by atoms with Crippen molar-refractivity contribution in [2.75, 3.05) is 6.54 Å². The fraction of sp³-hybridized carbons (Fsp3) is 0.267. The minimum atomic E-state index is -0.295. The summed E-state index contributed by atoms with van der Waals surface area (Å²) in [6, 6.07) is 21.5. The number of nitrogens with zero attached hydrogens (tertiary/aromatic N) is 2. The molecule has 6 nitrogen and oxygen atoms in total. The molecule has 0 saturated heterocycles. The average molecular weight is 482 g/mol. The molecule has 0 radical (unpaired) electrons. The number of carbonyl (C=O) groups is 1. The third-order valence-corrected chi connectivity index (χ3v) is 6.76. The van der Waals surface area contributed by atoms with Crippen LogP contribution in [0.25, 0.3) is 11.3 Å². The van der Waals surface area contributed by atoms with Crippen molar-refractivity contribution in [2.45, 2.75) is 46.3 Å². The van der Waals surface area contributed by atoms with Gasteiger partial charge < -0.3 is 14.7 Å². The molecule has 1 unspecified atom stereocenters. The van der Waals surface area contributed by atoms with Gasteiger partial charge in [-0.15, -0.1) is 0 Å². The Hall–Kier alpha value is -4.06. The molecule has 6 heteroatoms. The number of H-pyrrole nitrogens is 1. The summed E-state index contributed by atoms with van der Waals surface area (Å²) in [5, 5.41) is 18.3. The monoisotopic (exact) mass is 481 g/mol. The van der Waals surface area contributed by atoms with Crippen LogP contribution in [0.5, 0.6) is 11.5 Å². The molecule has 2 N–H and O–H groups in total. The zero-order chi connectivity index (χ0) is 25.2. The third kappa shape index (κ3) is 4.35. The van der Waals surface area contributed by atoms with Gasteiger partial charge in [0.15, 0.2) is 0 Å². The summed E-state index contributed by atoms with van der Waals surface area (Å²) in [4.78, 5) is 15.4. The maximum Gasteiger partial charge on any atom is 0.273 e. The molecular weight excluding hydrogens is 450 g/mol. The summed E-state index contributed by atoms with van der Waals surface area (Å²) in [6.07, 6.45) is 1.89. The van der Waals surface area contributed by atoms with Crippen molar-refractivity contribution in [3.8, 4) is 22.8 Å². The van der Waals surface area contributed by atoms with Crippen molar-refractivity contribution in [1.82, 2.24) is 15.1 Å². The first-order chi connectivity index (χ1) is 17.5. The van der Waals surface area contributed by atoms with Crippen molar-refractivity contribution in [2.24, 2.45) is 0 Å². The first kappa shape index (κ1) is 23.7. The molecule has 1 aromatic heterocycles. The van der Waals surface area contributed by atoms with Crippen LogP contribution < -0.4 is 4.74 Å². The Balaban J connectivity index is 1.52. The summed E-state index contributed by atoms with van der Waals surface area (Å²) in [6.45, 7) is 7.17. The normalized spacial score (nSPS) is 14.8. The Kier molecular flexibility index (Phi) is 6.51. The number of carbonyl (C=O) groups excluding carboxylic acids is 1. The molecule has 2 heterocycles. The van der Waals surface area contributed by atoms with Gasteiger partial charge in [0.1, 0.15) is 29.5 Å². The molecule has 1 atom stereocenters. The van der Waals surface area contributed by atoms with E-state index in [1.807, 2.05) is 79.4 Å². The van der Waals surface area contributed by atoms with E-state index < -0.39 is 0 Å². The van der Waals surface area contributed by atoms with Gasteiger partial charge in [-0.2, -0.15) is 5.10 Å². The van der Waals surface area contributed by atoms with Gasteiger partial charge in [-0.3, -0.25) is 9.89 Å². The van der Waals surface area contributed by atoms with E-state index in [2.05, 4.69) is 17.1 Å². The van der Waals surface area contributed by atoms with Crippen LogP contribution in [0.3, 0.4) is 0 Å². The Labute approximate surface area is 211 Å². The fourth-order valence-electron chi connectivity index (χ4n) is 5.03. The van der Waals surface area contributed by atoms with E-state index in [1.54, 1.807) is 6.07 Å². The molecule has 5 rings (SSSR count). The van der Waals surface area contributed by atoms with E-state index in [0.717, 1.165) is 46.4 Å². The quantitative estimate of drug-likeness (QED) is 0.309. The van der Waals surface area contributed by atoms with Crippen LogP contribution in [-0.2, 0) is 6.61 Å². The summed E-state index contributed by atoms with van der Waals surface area (Å²) < 4.78 is 5.98. The molecule has 1 amide bonds. The number of aryl methyl sites for hydroxylation is 2. The van der Waals surface area contributed by atoms with Gasteiger partial charge in [-0.25, -0.2) is 0 Å². The van der Waals surface area contributed by atoms with Gasteiger partial charge in [0.2, 0.25) is 0 Å². The lowest BCUT2D eigenvalue weighted by Crippen LogP contribution is -2.30. The minimum absolute atomic E-state index is 0.0594. The summed E-state index contributed by atoms with van der Waals surface area (Å²) in [5.74, 6) is 0.882. The van der Waals surface area contributed by atoms with Crippen LogP contribution in [0.2, 0.25) is 0 Å². The van der Waals surface area contributed by atoms with Crippen molar-refractivity contribution < 1.29 is 14.6 Å². The molecule has 4 aromatic rings. The highest BCUT2D eigenvalue weighted by Gasteiger charge is 2.42. The molecular formula is C30H31N3O3. The first-order valence-electron chi connectivity index (χ1n) is 12.4. The lowest BCUT2D eigenvalue weighted by molar-refractivity contribution is 0.0741. The minimum Gasteiger partial charge on any atom is -0.507 e. The first-order valence-corrected chi connectivity index (χ1v) is 12.4. The second kappa shape index (κ2) is 9.90. The molecule has 1 aliphatic rings. The van der Waals surface area contributed by atoms with E-state index in [-0.39, 0.29) is 17.7 Å². The van der Waals surface area contributed by atoms with Crippen LogP contribution in [-0.4, -0.2) is 32.7 Å². The number of unbranched alkanes of at least 4 members (excludes halogenated alkanes) is 1. The molecule has 3 aromatic carbocycles. The number of nitrogens with one attached hydrogen (secondary N) is 1. The maximum absolute atomic E-state index is 13.4. The van der Waals surface area contributed by atoms with Crippen LogP contribution in [0.15, 0.2) is 66.7 Å². The number of benzene rings is 3. The van der Waals surface area contributed by atoms with Gasteiger partial charge in [0, 0.05) is 17.7 Å². The number of fused-ring (bicyclic) bond motifs is 1. The number of aromatic hydroxyl groups is 1. The lowest BCUT2D eigenvalue weighted by atomic mass is 9.93. The number of aromatic nitrogens is 2. The van der Waals surface area contributed by atoms with Crippen LogP contribution in [0.4, 0.5) is 0 Å². The standard InChI is InChI=1S/C30H31N3O3/c1-4-5-15-33-29(22-11-13-23(14-12-22)36-18-21-9-7-6-8-10-21)26-27(31-32-28(26)30(33)35)25-20(3)16-19(2)17-24(25)34/h6-14,16-17,29,34H,4-5,15,18H2,1-3H3,(H,31,32). The molecule has 0 bridgehead atoms. The number of rotatable bonds is 8. The smallest absolute Gasteiger partial charge is 0.273 e. The number of ether oxygens (including phenoxy) is 1. The number of phenolic OH excluding ortho intramolecular Hbond substituents is 1. The molecule has 36 heavy (non-hydrogen) atoms. The summed E-state index contributed by atoms with van der Waals surface area (Å²) in [5.41, 5.74) is 6.59. The van der Waals surface area contributed by atoms with Gasteiger partial charge >= 0.3 is 0 Å². The topological polar surface area (TPSA) is 78.5 Å². The largest absolute Gasteiger partial charge is 0.507 e. The molecule has 0 fully saturated rings. The highest BCUT2D eigenvalue weighted by molar-refractivity contribution is 6.00. The van der Waals surface area contributed by atoms with E-state index in [1.165, 1.54) is 0 Å². The van der Waals surface area contributed by atoms with Crippen molar-refractivity contribution in [3.05, 3.63) is 100 Å². The lowest BCUT2D eigenvalue weighted by Gasteiger charge is -2.26. The highest BCUT2D eigenvalue weighted by Crippen LogP contribution is 2.45. The fourth-order valence-corrected chi connectivity index (χ4v) is 5.03. The van der Waals surface area contributed by atoms with Crippen molar-refractivity contribution in [3.63, 3.8) is 0 Å². The van der Waals surface area contributed by atoms with Gasteiger partial charge in [0.05, 0.1) is 6.04 Å². The maximum atomic E-state index is 13.4. The number of aromatic amines is 1. The number of hydrogen-bond donors (Lipinski definition) is 2. The summed E-state index contributed by atoms with van der Waals surface area (Å²) >= 11 is 0. The average Bonchev–Trinajstić information content (AvgIpc) is 3.40. The zero-order valence-electron chi connectivity index (χ0n) is 20.9. The van der Waals surface area contributed by atoms with Crippen LogP contribution in [0, 0.1) is 13.8 Å². The van der Waals surface area contributed by atoms with Crippen LogP contribution in [0.1, 0.15) is 64.1 Å². The van der Waals surface area contributed by atoms with E-state index >= 15 is 0 Å². The number of hydrogen-bond acceptors (Lipinski definition) is 4. The second-order valence-electron chi connectivity index (χ2n) is 9.43. The zero-order valence-corrected chi connectivity index (χ0v) is 20.9. The third-order valence-electron chi connectivity index (χ3n) is 6.76. The van der Waals surface area contributed by atoms with E-state index in [9.17, 15) is 9.90 Å². The molecule has 0 saturated carbocycles. The van der Waals surface area contributed by atoms with Gasteiger partial charge in [-0.1, -0.05) is 61.9 Å². The second-order valence-corrected chi connectivity index (χ2v) is 9.43. The Morgan fingerprint density at radius 3 is 2.50 bits per heavy atom. The Morgan fingerprint density at radius 2 is 1.81 bits per heavy atom. The summed E-state index contributed by atoms with van der Waals surface area (Å²) in [7, 11) is 0. The molecule has 184 valence electrons. The number of phenols is 1.